The van der Waals surface area contributed by atoms with Gasteiger partial charge in [0.1, 0.15) is 5.54 Å². The summed E-state index contributed by atoms with van der Waals surface area (Å²) in [6.45, 7) is 1.75. The normalized spacial score (nSPS) is 15.1. The van der Waals surface area contributed by atoms with Crippen molar-refractivity contribution in [2.75, 3.05) is 26.2 Å². The van der Waals surface area contributed by atoms with Crippen molar-refractivity contribution in [3.8, 4) is 0 Å². The number of fused-ring (bicyclic) bond motifs is 1. The second kappa shape index (κ2) is 10.3. The van der Waals surface area contributed by atoms with Crippen LogP contribution in [0.1, 0.15) is 33.6 Å². The van der Waals surface area contributed by atoms with Crippen LogP contribution in [-0.4, -0.2) is 54.4 Å². The Balaban J connectivity index is 1.35. The van der Waals surface area contributed by atoms with Crippen LogP contribution in [-0.2, 0) is 4.79 Å². The van der Waals surface area contributed by atoms with E-state index < -0.39 is 5.54 Å². The van der Waals surface area contributed by atoms with Gasteiger partial charge in [-0.3, -0.25) is 14.4 Å². The minimum atomic E-state index is -1.01. The van der Waals surface area contributed by atoms with Crippen molar-refractivity contribution >= 4 is 50.9 Å². The SMILES string of the molecule is O=C(NCCNC(=O)C1(NC(=O)c2ccc3ncsc3c2)CCNCC1)c1ccc(Cl)cc1. The molecule has 0 unspecified atom stereocenters. The summed E-state index contributed by atoms with van der Waals surface area (Å²) in [5.74, 6) is -0.792. The number of amides is 3. The van der Waals surface area contributed by atoms with E-state index >= 15 is 0 Å². The lowest BCUT2D eigenvalue weighted by molar-refractivity contribution is -0.128. The Morgan fingerprint density at radius 3 is 2.42 bits per heavy atom. The number of carbonyl (C=O) groups is 3. The number of aromatic nitrogens is 1. The van der Waals surface area contributed by atoms with Crippen molar-refractivity contribution < 1.29 is 14.4 Å². The van der Waals surface area contributed by atoms with E-state index in [0.29, 0.717) is 42.1 Å². The van der Waals surface area contributed by atoms with Gasteiger partial charge in [0.2, 0.25) is 5.91 Å². The third-order valence-electron chi connectivity index (χ3n) is 5.64. The quantitative estimate of drug-likeness (QED) is 0.384. The van der Waals surface area contributed by atoms with Crippen LogP contribution in [0.25, 0.3) is 10.2 Å². The minimum absolute atomic E-state index is 0.246. The van der Waals surface area contributed by atoms with E-state index in [1.807, 2.05) is 0 Å². The first kappa shape index (κ1) is 23.2. The first-order valence-electron chi connectivity index (χ1n) is 10.7. The second-order valence-electron chi connectivity index (χ2n) is 7.84. The van der Waals surface area contributed by atoms with E-state index in [1.165, 1.54) is 11.3 Å². The summed E-state index contributed by atoms with van der Waals surface area (Å²) in [5, 5.41) is 12.4. The number of nitrogens with one attached hydrogen (secondary N) is 4. The molecule has 4 N–H and O–H groups in total. The topological polar surface area (TPSA) is 112 Å². The molecule has 172 valence electrons. The maximum Gasteiger partial charge on any atom is 0.252 e. The molecule has 0 bridgehead atoms. The van der Waals surface area contributed by atoms with E-state index in [2.05, 4.69) is 26.3 Å². The van der Waals surface area contributed by atoms with Crippen molar-refractivity contribution in [3.63, 3.8) is 0 Å². The molecule has 0 atom stereocenters. The number of rotatable bonds is 7. The maximum atomic E-state index is 13.1. The first-order chi connectivity index (χ1) is 16.0. The predicted octanol–water partition coefficient (Wildman–Crippen LogP) is 2.35. The maximum absolute atomic E-state index is 13.1. The summed E-state index contributed by atoms with van der Waals surface area (Å²) in [6, 6.07) is 11.9. The van der Waals surface area contributed by atoms with Gasteiger partial charge >= 0.3 is 0 Å². The number of carbonyl (C=O) groups excluding carboxylic acids is 3. The highest BCUT2D eigenvalue weighted by molar-refractivity contribution is 7.16. The Labute approximate surface area is 200 Å². The standard InChI is InChI=1S/C23H24ClN5O3S/c24-17-4-1-15(2-5-17)20(30)26-11-12-27-22(32)23(7-9-25-10-8-23)29-21(31)16-3-6-18-19(13-16)33-14-28-18/h1-6,13-14,25H,7-12H2,(H,26,30)(H,27,32)(H,29,31). The molecule has 10 heteroatoms. The number of halogens is 1. The van der Waals surface area contributed by atoms with E-state index in [1.54, 1.807) is 48.0 Å². The van der Waals surface area contributed by atoms with Crippen LogP contribution in [0.5, 0.6) is 0 Å². The zero-order valence-corrected chi connectivity index (χ0v) is 19.4. The van der Waals surface area contributed by atoms with Gasteiger partial charge in [-0.15, -0.1) is 11.3 Å². The molecule has 3 aromatic rings. The Bertz CT molecular complexity index is 1160. The molecule has 33 heavy (non-hydrogen) atoms. The molecule has 1 aliphatic heterocycles. The lowest BCUT2D eigenvalue weighted by Crippen LogP contribution is -2.63. The molecule has 1 aromatic heterocycles. The summed E-state index contributed by atoms with van der Waals surface area (Å²) in [7, 11) is 0. The lowest BCUT2D eigenvalue weighted by Gasteiger charge is -2.37. The molecular weight excluding hydrogens is 462 g/mol. The lowest BCUT2D eigenvalue weighted by atomic mass is 9.86. The zero-order valence-electron chi connectivity index (χ0n) is 17.8. The van der Waals surface area contributed by atoms with Crippen molar-refractivity contribution in [3.05, 3.63) is 64.1 Å². The van der Waals surface area contributed by atoms with Gasteiger partial charge in [0, 0.05) is 29.2 Å². The summed E-state index contributed by atoms with van der Waals surface area (Å²) in [6.07, 6.45) is 0.953. The number of thiazole rings is 1. The Hall–Kier alpha value is -3.01. The molecule has 1 saturated heterocycles. The van der Waals surface area contributed by atoms with Crippen LogP contribution in [0.15, 0.2) is 48.0 Å². The number of piperidine rings is 1. The zero-order chi connectivity index (χ0) is 23.3. The highest BCUT2D eigenvalue weighted by Gasteiger charge is 2.40. The molecule has 4 rings (SSSR count). The average Bonchev–Trinajstić information content (AvgIpc) is 3.30. The molecule has 1 fully saturated rings. The van der Waals surface area contributed by atoms with E-state index in [0.717, 1.165) is 10.2 Å². The first-order valence-corrected chi connectivity index (χ1v) is 11.9. The fraction of sp³-hybridized carbons (Fsp3) is 0.304. The summed E-state index contributed by atoms with van der Waals surface area (Å²) >= 11 is 7.31. The largest absolute Gasteiger partial charge is 0.352 e. The predicted molar refractivity (Wildman–Crippen MR) is 129 cm³/mol. The van der Waals surface area contributed by atoms with Crippen molar-refractivity contribution in [2.24, 2.45) is 0 Å². The molecule has 0 spiro atoms. The molecule has 0 saturated carbocycles. The van der Waals surface area contributed by atoms with Crippen molar-refractivity contribution in [2.45, 2.75) is 18.4 Å². The fourth-order valence-electron chi connectivity index (χ4n) is 3.77. The van der Waals surface area contributed by atoms with Crippen molar-refractivity contribution in [1.29, 1.82) is 0 Å². The Morgan fingerprint density at radius 2 is 1.67 bits per heavy atom. The molecule has 1 aliphatic rings. The monoisotopic (exact) mass is 485 g/mol. The molecule has 2 aromatic carbocycles. The highest BCUT2D eigenvalue weighted by atomic mass is 35.5. The van der Waals surface area contributed by atoms with E-state index in [-0.39, 0.29) is 30.8 Å². The van der Waals surface area contributed by atoms with Crippen LogP contribution in [0.3, 0.4) is 0 Å². The number of benzene rings is 2. The van der Waals surface area contributed by atoms with Crippen LogP contribution in [0.4, 0.5) is 0 Å². The van der Waals surface area contributed by atoms with Crippen LogP contribution in [0.2, 0.25) is 5.02 Å². The number of nitrogens with zero attached hydrogens (tertiary/aromatic N) is 1. The van der Waals surface area contributed by atoms with Crippen LogP contribution in [0, 0.1) is 0 Å². The van der Waals surface area contributed by atoms with Crippen LogP contribution >= 0.6 is 22.9 Å². The third kappa shape index (κ3) is 5.50. The van der Waals surface area contributed by atoms with Gasteiger partial charge in [-0.25, -0.2) is 4.98 Å². The van der Waals surface area contributed by atoms with E-state index in [4.69, 9.17) is 11.6 Å². The van der Waals surface area contributed by atoms with Crippen molar-refractivity contribution in [1.82, 2.24) is 26.3 Å². The van der Waals surface area contributed by atoms with Gasteiger partial charge in [0.05, 0.1) is 15.7 Å². The molecule has 0 radical (unpaired) electrons. The molecule has 0 aliphatic carbocycles. The number of hydrogen-bond acceptors (Lipinski definition) is 6. The van der Waals surface area contributed by atoms with Gasteiger partial charge in [-0.05, 0) is 68.4 Å². The van der Waals surface area contributed by atoms with Gasteiger partial charge in [-0.2, -0.15) is 0 Å². The van der Waals surface area contributed by atoms with Gasteiger partial charge < -0.3 is 21.3 Å². The van der Waals surface area contributed by atoms with E-state index in [9.17, 15) is 14.4 Å². The highest BCUT2D eigenvalue weighted by Crippen LogP contribution is 2.22. The minimum Gasteiger partial charge on any atom is -0.352 e. The second-order valence-corrected chi connectivity index (χ2v) is 9.16. The Kier molecular flexibility index (Phi) is 7.22. The third-order valence-corrected chi connectivity index (χ3v) is 6.68. The van der Waals surface area contributed by atoms with Gasteiger partial charge in [-0.1, -0.05) is 11.6 Å². The Morgan fingerprint density at radius 1 is 0.970 bits per heavy atom. The van der Waals surface area contributed by atoms with Gasteiger partial charge in [0.25, 0.3) is 11.8 Å². The molecular formula is C23H24ClN5O3S. The summed E-state index contributed by atoms with van der Waals surface area (Å²) in [4.78, 5) is 42.6. The molecule has 8 nitrogen and oxygen atoms in total. The number of hydrogen-bond donors (Lipinski definition) is 4. The fourth-order valence-corrected chi connectivity index (χ4v) is 4.62. The average molecular weight is 486 g/mol. The van der Waals surface area contributed by atoms with Crippen LogP contribution < -0.4 is 21.3 Å². The van der Waals surface area contributed by atoms with Gasteiger partial charge in [0.15, 0.2) is 0 Å². The molecule has 2 heterocycles. The summed E-state index contributed by atoms with van der Waals surface area (Å²) in [5.41, 5.74) is 2.55. The summed E-state index contributed by atoms with van der Waals surface area (Å²) < 4.78 is 0.919. The smallest absolute Gasteiger partial charge is 0.252 e. The molecule has 3 amide bonds.